The average Bonchev–Trinajstić information content (AvgIpc) is 3.17. The molecule has 0 spiro atoms. The zero-order valence-corrected chi connectivity index (χ0v) is 35.5. The molecule has 0 aromatic rings. The molecule has 0 saturated carbocycles. The van der Waals surface area contributed by atoms with Crippen LogP contribution in [0.25, 0.3) is 0 Å². The van der Waals surface area contributed by atoms with Gasteiger partial charge in [-0.05, 0) is 57.8 Å². The van der Waals surface area contributed by atoms with Crippen molar-refractivity contribution in [2.75, 3.05) is 13.2 Å². The van der Waals surface area contributed by atoms with Gasteiger partial charge >= 0.3 is 17.9 Å². The smallest absolute Gasteiger partial charge is 0.306 e. The summed E-state index contributed by atoms with van der Waals surface area (Å²) in [7, 11) is 0. The van der Waals surface area contributed by atoms with Crippen LogP contribution in [0.4, 0.5) is 0 Å². The van der Waals surface area contributed by atoms with Crippen LogP contribution in [0.5, 0.6) is 0 Å². The standard InChI is InChI=1S/C48H84O6/c1-4-7-10-13-16-18-20-21-22-23-24-25-26-27-29-30-32-35-38-41-47(50)53-44-45(43-52-46(49)40-37-34-15-12-9-6-3)54-48(51)42-39-36-33-31-28-19-17-14-11-8-5-2/h7,10,16,18,21-22,24-25,45H,4-6,8-9,11-15,17,19-20,23,26-44H2,1-3H3/b10-7-,18-16-,22-21-,25-24-. The molecule has 1 unspecified atom stereocenters. The first-order valence-electron chi connectivity index (χ1n) is 22.6. The number of ether oxygens (including phenoxy) is 3. The molecule has 0 aromatic carbocycles. The van der Waals surface area contributed by atoms with Crippen molar-refractivity contribution in [1.29, 1.82) is 0 Å². The van der Waals surface area contributed by atoms with E-state index in [0.717, 1.165) is 89.9 Å². The van der Waals surface area contributed by atoms with Crippen molar-refractivity contribution in [3.05, 3.63) is 48.6 Å². The maximum atomic E-state index is 12.6. The van der Waals surface area contributed by atoms with E-state index in [1.165, 1.54) is 89.9 Å². The van der Waals surface area contributed by atoms with Gasteiger partial charge in [-0.1, -0.05) is 191 Å². The number of carbonyl (C=O) groups is 3. The Morgan fingerprint density at radius 1 is 0.389 bits per heavy atom. The van der Waals surface area contributed by atoms with Gasteiger partial charge in [-0.15, -0.1) is 0 Å². The summed E-state index contributed by atoms with van der Waals surface area (Å²) in [6, 6.07) is 0. The highest BCUT2D eigenvalue weighted by Crippen LogP contribution is 2.14. The molecule has 312 valence electrons. The summed E-state index contributed by atoms with van der Waals surface area (Å²) in [6.45, 7) is 6.44. The molecule has 1 atom stereocenters. The van der Waals surface area contributed by atoms with Crippen LogP contribution in [0, 0.1) is 0 Å². The molecule has 0 aliphatic rings. The van der Waals surface area contributed by atoms with Crippen molar-refractivity contribution in [3.63, 3.8) is 0 Å². The first-order chi connectivity index (χ1) is 26.5. The maximum Gasteiger partial charge on any atom is 0.306 e. The van der Waals surface area contributed by atoms with Crippen LogP contribution in [0.1, 0.15) is 220 Å². The first-order valence-corrected chi connectivity index (χ1v) is 22.6. The van der Waals surface area contributed by atoms with Crippen LogP contribution in [-0.4, -0.2) is 37.2 Å². The predicted octanol–water partition coefficient (Wildman–Crippen LogP) is 14.4. The summed E-state index contributed by atoms with van der Waals surface area (Å²) >= 11 is 0. The van der Waals surface area contributed by atoms with Gasteiger partial charge in [0.25, 0.3) is 0 Å². The fourth-order valence-corrected chi connectivity index (χ4v) is 6.20. The third kappa shape index (κ3) is 40.6. The quantitative estimate of drug-likeness (QED) is 0.0268. The van der Waals surface area contributed by atoms with E-state index in [1.807, 2.05) is 0 Å². The second-order valence-electron chi connectivity index (χ2n) is 14.9. The topological polar surface area (TPSA) is 78.9 Å². The Labute approximate surface area is 333 Å². The number of hydrogen-bond acceptors (Lipinski definition) is 6. The third-order valence-electron chi connectivity index (χ3n) is 9.60. The lowest BCUT2D eigenvalue weighted by atomic mass is 10.1. The minimum absolute atomic E-state index is 0.0765. The molecule has 0 saturated heterocycles. The van der Waals surface area contributed by atoms with Crippen LogP contribution in [0.15, 0.2) is 48.6 Å². The van der Waals surface area contributed by atoms with E-state index in [2.05, 4.69) is 69.4 Å². The zero-order valence-electron chi connectivity index (χ0n) is 35.5. The monoisotopic (exact) mass is 757 g/mol. The van der Waals surface area contributed by atoms with Gasteiger partial charge in [-0.3, -0.25) is 14.4 Å². The van der Waals surface area contributed by atoms with Crippen LogP contribution in [0.2, 0.25) is 0 Å². The van der Waals surface area contributed by atoms with Crippen LogP contribution in [0.3, 0.4) is 0 Å². The lowest BCUT2D eigenvalue weighted by Crippen LogP contribution is -2.30. The molecule has 0 aliphatic heterocycles. The maximum absolute atomic E-state index is 12.6. The van der Waals surface area contributed by atoms with Crippen LogP contribution < -0.4 is 0 Å². The summed E-state index contributed by atoms with van der Waals surface area (Å²) in [5.74, 6) is -0.901. The van der Waals surface area contributed by atoms with Crippen molar-refractivity contribution >= 4 is 17.9 Å². The summed E-state index contributed by atoms with van der Waals surface area (Å²) in [6.07, 6.45) is 49.7. The Bertz CT molecular complexity index is 964. The number of unbranched alkanes of at least 4 members (excludes halogenated alkanes) is 21. The molecule has 54 heavy (non-hydrogen) atoms. The summed E-state index contributed by atoms with van der Waals surface area (Å²) < 4.78 is 16.6. The molecule has 6 nitrogen and oxygen atoms in total. The van der Waals surface area contributed by atoms with Crippen molar-refractivity contribution in [2.45, 2.75) is 226 Å². The van der Waals surface area contributed by atoms with Crippen molar-refractivity contribution in [3.8, 4) is 0 Å². The molecule has 0 heterocycles. The molecular weight excluding hydrogens is 673 g/mol. The van der Waals surface area contributed by atoms with Gasteiger partial charge in [0, 0.05) is 19.3 Å². The number of hydrogen-bond donors (Lipinski definition) is 0. The van der Waals surface area contributed by atoms with E-state index < -0.39 is 6.10 Å². The Kier molecular flexibility index (Phi) is 41.0. The Balaban J connectivity index is 4.25. The van der Waals surface area contributed by atoms with Crippen molar-refractivity contribution in [2.24, 2.45) is 0 Å². The molecule has 0 aromatic heterocycles. The van der Waals surface area contributed by atoms with E-state index in [9.17, 15) is 14.4 Å². The average molecular weight is 757 g/mol. The molecule has 0 radical (unpaired) electrons. The highest BCUT2D eigenvalue weighted by atomic mass is 16.6. The van der Waals surface area contributed by atoms with E-state index >= 15 is 0 Å². The molecular formula is C48H84O6. The van der Waals surface area contributed by atoms with Gasteiger partial charge in [0.1, 0.15) is 13.2 Å². The third-order valence-corrected chi connectivity index (χ3v) is 9.60. The summed E-state index contributed by atoms with van der Waals surface area (Å²) in [5.41, 5.74) is 0. The van der Waals surface area contributed by atoms with Gasteiger partial charge < -0.3 is 14.2 Å². The zero-order chi connectivity index (χ0) is 39.4. The van der Waals surface area contributed by atoms with E-state index in [4.69, 9.17) is 14.2 Å². The number of esters is 3. The normalized spacial score (nSPS) is 12.4. The van der Waals surface area contributed by atoms with Gasteiger partial charge in [-0.25, -0.2) is 0 Å². The Morgan fingerprint density at radius 3 is 1.13 bits per heavy atom. The van der Waals surface area contributed by atoms with E-state index in [0.29, 0.717) is 19.3 Å². The number of carbonyl (C=O) groups excluding carboxylic acids is 3. The molecule has 6 heteroatoms. The lowest BCUT2D eigenvalue weighted by molar-refractivity contribution is -0.167. The van der Waals surface area contributed by atoms with Gasteiger partial charge in [0.2, 0.25) is 0 Å². The SMILES string of the molecule is CC/C=C\C/C=C\C/C=C\C/C=C\CCCCCCCCC(=O)OCC(COC(=O)CCCCCCCC)OC(=O)CCCCCCCCCCCCC. The molecule has 0 N–H and O–H groups in total. The fourth-order valence-electron chi connectivity index (χ4n) is 6.20. The highest BCUT2D eigenvalue weighted by molar-refractivity contribution is 5.71. The van der Waals surface area contributed by atoms with E-state index in [-0.39, 0.29) is 31.1 Å². The van der Waals surface area contributed by atoms with Crippen LogP contribution in [-0.2, 0) is 28.6 Å². The second kappa shape index (κ2) is 43.1. The first kappa shape index (κ1) is 51.4. The predicted molar refractivity (Wildman–Crippen MR) is 229 cm³/mol. The van der Waals surface area contributed by atoms with Crippen molar-refractivity contribution < 1.29 is 28.6 Å². The molecule has 0 amide bonds. The van der Waals surface area contributed by atoms with Gasteiger partial charge in [0.05, 0.1) is 0 Å². The van der Waals surface area contributed by atoms with Gasteiger partial charge in [-0.2, -0.15) is 0 Å². The number of allylic oxidation sites excluding steroid dienone is 8. The minimum atomic E-state index is -0.771. The Hall–Kier alpha value is -2.63. The summed E-state index contributed by atoms with van der Waals surface area (Å²) in [5, 5.41) is 0. The van der Waals surface area contributed by atoms with E-state index in [1.54, 1.807) is 0 Å². The summed E-state index contributed by atoms with van der Waals surface area (Å²) in [4.78, 5) is 37.5. The minimum Gasteiger partial charge on any atom is -0.462 e. The second-order valence-corrected chi connectivity index (χ2v) is 14.9. The molecule has 0 aliphatic carbocycles. The van der Waals surface area contributed by atoms with Gasteiger partial charge in [0.15, 0.2) is 6.10 Å². The molecule has 0 bridgehead atoms. The lowest BCUT2D eigenvalue weighted by Gasteiger charge is -2.18. The number of rotatable bonds is 40. The molecule has 0 fully saturated rings. The van der Waals surface area contributed by atoms with Crippen molar-refractivity contribution in [1.82, 2.24) is 0 Å². The Morgan fingerprint density at radius 2 is 0.722 bits per heavy atom. The molecule has 0 rings (SSSR count). The largest absolute Gasteiger partial charge is 0.462 e. The highest BCUT2D eigenvalue weighted by Gasteiger charge is 2.19. The van der Waals surface area contributed by atoms with Crippen LogP contribution >= 0.6 is 0 Å². The fraction of sp³-hybridized carbons (Fsp3) is 0.771.